The second kappa shape index (κ2) is 10.1. The predicted molar refractivity (Wildman–Crippen MR) is 109 cm³/mol. The van der Waals surface area contributed by atoms with Crippen LogP contribution in [0.5, 0.6) is 0 Å². The Labute approximate surface area is 163 Å². The van der Waals surface area contributed by atoms with Crippen LogP contribution in [0.25, 0.3) is 11.3 Å². The lowest BCUT2D eigenvalue weighted by atomic mass is 9.96. The summed E-state index contributed by atoms with van der Waals surface area (Å²) in [6.45, 7) is 0.485. The van der Waals surface area contributed by atoms with Gasteiger partial charge >= 0.3 is 6.03 Å². The lowest BCUT2D eigenvalue weighted by molar-refractivity contribution is -0.116. The normalized spacial score (nSPS) is 14.5. The van der Waals surface area contributed by atoms with E-state index in [1.54, 1.807) is 0 Å². The number of carbonyl (C=O) groups is 2. The minimum Gasteiger partial charge on any atom is -0.338 e. The molecule has 3 amide bonds. The van der Waals surface area contributed by atoms with Crippen molar-refractivity contribution in [3.8, 4) is 11.3 Å². The standard InChI is InChI=1S/C20H26N4O2S/c25-18(12-7-13-21-19(26)22-16-10-5-2-6-11-16)24-20-23-17(14-27-20)15-8-3-1-4-9-15/h1,3-4,8-9,14,16H,2,5-7,10-13H2,(H2,21,22,26)(H,23,24,25). The summed E-state index contributed by atoms with van der Waals surface area (Å²) >= 11 is 1.41. The average molecular weight is 387 g/mol. The number of amides is 3. The van der Waals surface area contributed by atoms with Crippen LogP contribution in [0.1, 0.15) is 44.9 Å². The van der Waals surface area contributed by atoms with Crippen molar-refractivity contribution in [3.63, 3.8) is 0 Å². The Morgan fingerprint density at radius 3 is 2.67 bits per heavy atom. The Morgan fingerprint density at radius 2 is 1.89 bits per heavy atom. The smallest absolute Gasteiger partial charge is 0.315 e. The maximum Gasteiger partial charge on any atom is 0.315 e. The summed E-state index contributed by atoms with van der Waals surface area (Å²) < 4.78 is 0. The Morgan fingerprint density at radius 1 is 1.11 bits per heavy atom. The van der Waals surface area contributed by atoms with Gasteiger partial charge in [-0.05, 0) is 19.3 Å². The molecule has 1 aromatic heterocycles. The fourth-order valence-electron chi connectivity index (χ4n) is 3.19. The van der Waals surface area contributed by atoms with E-state index in [9.17, 15) is 9.59 Å². The van der Waals surface area contributed by atoms with Crippen molar-refractivity contribution < 1.29 is 9.59 Å². The lowest BCUT2D eigenvalue weighted by Crippen LogP contribution is -2.43. The molecule has 0 bridgehead atoms. The van der Waals surface area contributed by atoms with Crippen LogP contribution in [0.3, 0.4) is 0 Å². The topological polar surface area (TPSA) is 83.1 Å². The van der Waals surface area contributed by atoms with Crippen LogP contribution in [0.2, 0.25) is 0 Å². The van der Waals surface area contributed by atoms with Crippen LogP contribution in [0.4, 0.5) is 9.93 Å². The molecule has 1 heterocycles. The second-order valence-corrected chi connectivity index (χ2v) is 7.65. The molecule has 0 spiro atoms. The van der Waals surface area contributed by atoms with Crippen LogP contribution in [-0.4, -0.2) is 29.5 Å². The summed E-state index contributed by atoms with van der Waals surface area (Å²) in [6.07, 6.45) is 6.72. The van der Waals surface area contributed by atoms with Crippen molar-refractivity contribution in [1.29, 1.82) is 0 Å². The monoisotopic (exact) mass is 386 g/mol. The van der Waals surface area contributed by atoms with Crippen LogP contribution < -0.4 is 16.0 Å². The lowest BCUT2D eigenvalue weighted by Gasteiger charge is -2.22. The van der Waals surface area contributed by atoms with Crippen LogP contribution >= 0.6 is 11.3 Å². The molecular formula is C20H26N4O2S. The number of aromatic nitrogens is 1. The Bertz CT molecular complexity index is 741. The highest BCUT2D eigenvalue weighted by molar-refractivity contribution is 7.14. The third-order valence-electron chi connectivity index (χ3n) is 4.63. The fraction of sp³-hybridized carbons (Fsp3) is 0.450. The molecule has 0 unspecified atom stereocenters. The van der Waals surface area contributed by atoms with Crippen molar-refractivity contribution >= 4 is 28.4 Å². The first-order valence-corrected chi connectivity index (χ1v) is 10.4. The van der Waals surface area contributed by atoms with Crippen LogP contribution in [0.15, 0.2) is 35.7 Å². The third kappa shape index (κ3) is 6.36. The van der Waals surface area contributed by atoms with Gasteiger partial charge in [0.2, 0.25) is 5.91 Å². The molecule has 1 aliphatic carbocycles. The van der Waals surface area contributed by atoms with E-state index in [0.29, 0.717) is 30.6 Å². The van der Waals surface area contributed by atoms with E-state index >= 15 is 0 Å². The number of urea groups is 1. The summed E-state index contributed by atoms with van der Waals surface area (Å²) in [5, 5.41) is 11.2. The Balaban J connectivity index is 1.33. The van der Waals surface area contributed by atoms with Gasteiger partial charge < -0.3 is 16.0 Å². The maximum atomic E-state index is 12.0. The Hall–Kier alpha value is -2.41. The molecule has 144 valence electrons. The highest BCUT2D eigenvalue weighted by atomic mass is 32.1. The van der Waals surface area contributed by atoms with Crippen LogP contribution in [0, 0.1) is 0 Å². The van der Waals surface area contributed by atoms with E-state index in [-0.39, 0.29) is 11.9 Å². The van der Waals surface area contributed by atoms with E-state index in [2.05, 4.69) is 20.9 Å². The molecule has 1 aromatic carbocycles. The molecule has 1 fully saturated rings. The number of nitrogens with one attached hydrogen (secondary N) is 3. The molecule has 0 radical (unpaired) electrons. The number of hydrogen-bond acceptors (Lipinski definition) is 4. The zero-order valence-electron chi connectivity index (χ0n) is 15.4. The first kappa shape index (κ1) is 19.4. The highest BCUT2D eigenvalue weighted by Gasteiger charge is 2.15. The van der Waals surface area contributed by atoms with Crippen molar-refractivity contribution in [3.05, 3.63) is 35.7 Å². The largest absolute Gasteiger partial charge is 0.338 e. The molecule has 3 rings (SSSR count). The van der Waals surface area contributed by atoms with Crippen LogP contribution in [-0.2, 0) is 4.79 Å². The number of thiazole rings is 1. The minimum absolute atomic E-state index is 0.0848. The SMILES string of the molecule is O=C(CCCNC(=O)NC1CCCCC1)Nc1nc(-c2ccccc2)cs1. The number of carbonyl (C=O) groups excluding carboxylic acids is 2. The van der Waals surface area contributed by atoms with Gasteiger partial charge in [-0.1, -0.05) is 49.6 Å². The van der Waals surface area contributed by atoms with Gasteiger partial charge in [-0.2, -0.15) is 0 Å². The summed E-state index contributed by atoms with van der Waals surface area (Å²) in [7, 11) is 0. The quantitative estimate of drug-likeness (QED) is 0.625. The van der Waals surface area contributed by atoms with Gasteiger partial charge in [0.25, 0.3) is 0 Å². The molecule has 1 saturated carbocycles. The molecule has 7 heteroatoms. The van der Waals surface area contributed by atoms with Crippen molar-refractivity contribution in [1.82, 2.24) is 15.6 Å². The van der Waals surface area contributed by atoms with E-state index < -0.39 is 0 Å². The van der Waals surface area contributed by atoms with Gasteiger partial charge in [-0.25, -0.2) is 9.78 Å². The van der Waals surface area contributed by atoms with Gasteiger partial charge in [0.05, 0.1) is 5.69 Å². The Kier molecular flexibility index (Phi) is 7.21. The molecule has 3 N–H and O–H groups in total. The molecule has 6 nitrogen and oxygen atoms in total. The maximum absolute atomic E-state index is 12.0. The third-order valence-corrected chi connectivity index (χ3v) is 5.38. The summed E-state index contributed by atoms with van der Waals surface area (Å²) in [5.74, 6) is -0.0848. The van der Waals surface area contributed by atoms with Gasteiger partial charge in [0.1, 0.15) is 0 Å². The number of benzene rings is 1. The number of hydrogen-bond donors (Lipinski definition) is 3. The zero-order chi connectivity index (χ0) is 18.9. The zero-order valence-corrected chi connectivity index (χ0v) is 16.2. The molecule has 0 atom stereocenters. The average Bonchev–Trinajstić information content (AvgIpc) is 3.15. The molecular weight excluding hydrogens is 360 g/mol. The highest BCUT2D eigenvalue weighted by Crippen LogP contribution is 2.24. The van der Waals surface area contributed by atoms with Crippen molar-refractivity contribution in [2.45, 2.75) is 51.0 Å². The van der Waals surface area contributed by atoms with Crippen molar-refractivity contribution in [2.24, 2.45) is 0 Å². The summed E-state index contributed by atoms with van der Waals surface area (Å²) in [6, 6.07) is 10.0. The molecule has 1 aliphatic rings. The van der Waals surface area contributed by atoms with Gasteiger partial charge in [-0.15, -0.1) is 11.3 Å². The second-order valence-electron chi connectivity index (χ2n) is 6.79. The first-order chi connectivity index (χ1) is 13.2. The van der Waals surface area contributed by atoms with Gasteiger partial charge in [-0.3, -0.25) is 4.79 Å². The van der Waals surface area contributed by atoms with E-state index in [1.807, 2.05) is 35.7 Å². The van der Waals surface area contributed by atoms with E-state index in [4.69, 9.17) is 0 Å². The predicted octanol–water partition coefficient (Wildman–Crippen LogP) is 4.16. The molecule has 0 aliphatic heterocycles. The molecule has 0 saturated heterocycles. The van der Waals surface area contributed by atoms with Gasteiger partial charge in [0.15, 0.2) is 5.13 Å². The summed E-state index contributed by atoms with van der Waals surface area (Å²) in [5.41, 5.74) is 1.89. The number of nitrogens with zero attached hydrogens (tertiary/aromatic N) is 1. The van der Waals surface area contributed by atoms with Crippen molar-refractivity contribution in [2.75, 3.05) is 11.9 Å². The fourth-order valence-corrected chi connectivity index (χ4v) is 3.92. The number of anilines is 1. The summed E-state index contributed by atoms with van der Waals surface area (Å²) in [4.78, 5) is 28.3. The molecule has 27 heavy (non-hydrogen) atoms. The van der Waals surface area contributed by atoms with Gasteiger partial charge in [0, 0.05) is 30.0 Å². The van der Waals surface area contributed by atoms with E-state index in [1.165, 1.54) is 30.6 Å². The van der Waals surface area contributed by atoms with E-state index in [0.717, 1.165) is 24.1 Å². The number of rotatable bonds is 7. The molecule has 2 aromatic rings. The minimum atomic E-state index is -0.130. The first-order valence-electron chi connectivity index (χ1n) is 9.56.